The third kappa shape index (κ3) is 4.08. The molecule has 0 saturated heterocycles. The summed E-state index contributed by atoms with van der Waals surface area (Å²) in [6, 6.07) is 23.0. The van der Waals surface area contributed by atoms with Crippen LogP contribution in [0.4, 0.5) is 0 Å². The number of nitrogens with zero attached hydrogens (tertiary/aromatic N) is 1. The van der Waals surface area contributed by atoms with Gasteiger partial charge >= 0.3 is 0 Å². The van der Waals surface area contributed by atoms with Crippen molar-refractivity contribution in [1.29, 1.82) is 0 Å². The molecule has 2 heteroatoms. The molecule has 25 heavy (non-hydrogen) atoms. The molecule has 0 aliphatic heterocycles. The number of ether oxygens (including phenoxy) is 1. The Labute approximate surface area is 150 Å². The van der Waals surface area contributed by atoms with Crippen molar-refractivity contribution in [2.45, 2.75) is 33.1 Å². The first-order valence-electron chi connectivity index (χ1n) is 8.78. The van der Waals surface area contributed by atoms with E-state index < -0.39 is 0 Å². The second-order valence-electron chi connectivity index (χ2n) is 7.20. The predicted octanol–water partition coefficient (Wildman–Crippen LogP) is 6.11. The molecule has 0 spiro atoms. The summed E-state index contributed by atoms with van der Waals surface area (Å²) in [5.74, 6) is 0.890. The molecule has 0 atom stereocenters. The molecule has 3 aromatic rings. The van der Waals surface area contributed by atoms with Crippen LogP contribution < -0.4 is 4.74 Å². The number of aromatic nitrogens is 1. The van der Waals surface area contributed by atoms with E-state index in [0.29, 0.717) is 6.61 Å². The molecule has 0 unspecified atom stereocenters. The molecule has 0 bridgehead atoms. The van der Waals surface area contributed by atoms with Gasteiger partial charge in [0.05, 0.1) is 12.3 Å². The van der Waals surface area contributed by atoms with Gasteiger partial charge in [0.25, 0.3) is 0 Å². The molecule has 0 N–H and O–H groups in total. The predicted molar refractivity (Wildman–Crippen MR) is 105 cm³/mol. The fraction of sp³-hybridized carbons (Fsp3) is 0.261. The SMILES string of the molecule is CCOc1ccc(-c2cc(-c3ccccc3)cc(C(C)(C)C)n2)cc1. The second kappa shape index (κ2) is 7.10. The first-order valence-corrected chi connectivity index (χ1v) is 8.78. The summed E-state index contributed by atoms with van der Waals surface area (Å²) in [5, 5.41) is 0. The third-order valence-corrected chi connectivity index (χ3v) is 4.16. The van der Waals surface area contributed by atoms with Gasteiger partial charge in [0.15, 0.2) is 0 Å². The van der Waals surface area contributed by atoms with Gasteiger partial charge in [-0.1, -0.05) is 51.1 Å². The van der Waals surface area contributed by atoms with Gasteiger partial charge in [-0.2, -0.15) is 0 Å². The first kappa shape index (κ1) is 17.2. The standard InChI is InChI=1S/C23H25NO/c1-5-25-20-13-11-18(12-14-20)21-15-19(17-9-7-6-8-10-17)16-22(24-21)23(2,3)4/h6-16H,5H2,1-4H3. The largest absolute Gasteiger partial charge is 0.494 e. The third-order valence-electron chi connectivity index (χ3n) is 4.16. The van der Waals surface area contributed by atoms with Gasteiger partial charge in [-0.05, 0) is 54.4 Å². The van der Waals surface area contributed by atoms with Crippen LogP contribution >= 0.6 is 0 Å². The number of hydrogen-bond donors (Lipinski definition) is 0. The van der Waals surface area contributed by atoms with Gasteiger partial charge in [0.1, 0.15) is 5.75 Å². The minimum atomic E-state index is -0.00912. The van der Waals surface area contributed by atoms with Crippen molar-refractivity contribution >= 4 is 0 Å². The van der Waals surface area contributed by atoms with Crippen LogP contribution in [0.3, 0.4) is 0 Å². The second-order valence-corrected chi connectivity index (χ2v) is 7.20. The summed E-state index contributed by atoms with van der Waals surface area (Å²) < 4.78 is 5.55. The molecule has 1 heterocycles. The smallest absolute Gasteiger partial charge is 0.119 e. The maximum absolute atomic E-state index is 5.55. The highest BCUT2D eigenvalue weighted by Crippen LogP contribution is 2.31. The highest BCUT2D eigenvalue weighted by molar-refractivity contribution is 5.71. The molecular weight excluding hydrogens is 306 g/mol. The zero-order valence-electron chi connectivity index (χ0n) is 15.4. The van der Waals surface area contributed by atoms with Gasteiger partial charge in [-0.15, -0.1) is 0 Å². The normalized spacial score (nSPS) is 11.4. The van der Waals surface area contributed by atoms with Gasteiger partial charge in [0.2, 0.25) is 0 Å². The zero-order valence-corrected chi connectivity index (χ0v) is 15.4. The van der Waals surface area contributed by atoms with Crippen LogP contribution in [0.25, 0.3) is 22.4 Å². The lowest BCUT2D eigenvalue weighted by molar-refractivity contribution is 0.340. The molecule has 3 rings (SSSR count). The van der Waals surface area contributed by atoms with Crippen molar-refractivity contribution in [3.63, 3.8) is 0 Å². The highest BCUT2D eigenvalue weighted by atomic mass is 16.5. The van der Waals surface area contributed by atoms with Crippen molar-refractivity contribution in [2.75, 3.05) is 6.61 Å². The summed E-state index contributed by atoms with van der Waals surface area (Å²) in [6.45, 7) is 9.27. The van der Waals surface area contributed by atoms with Crippen molar-refractivity contribution < 1.29 is 4.74 Å². The Kier molecular flexibility index (Phi) is 4.89. The molecule has 2 aromatic carbocycles. The van der Waals surface area contributed by atoms with Crippen LogP contribution in [-0.4, -0.2) is 11.6 Å². The van der Waals surface area contributed by atoms with E-state index in [-0.39, 0.29) is 5.41 Å². The van der Waals surface area contributed by atoms with E-state index in [1.165, 1.54) is 11.1 Å². The average Bonchev–Trinajstić information content (AvgIpc) is 2.62. The Morgan fingerprint density at radius 2 is 1.48 bits per heavy atom. The summed E-state index contributed by atoms with van der Waals surface area (Å²) >= 11 is 0. The molecule has 0 fully saturated rings. The van der Waals surface area contributed by atoms with Gasteiger partial charge < -0.3 is 4.74 Å². The van der Waals surface area contributed by atoms with Crippen LogP contribution in [-0.2, 0) is 5.41 Å². The maximum atomic E-state index is 5.55. The molecule has 2 nitrogen and oxygen atoms in total. The summed E-state index contributed by atoms with van der Waals surface area (Å²) in [7, 11) is 0. The van der Waals surface area contributed by atoms with Crippen LogP contribution in [0.15, 0.2) is 66.7 Å². The number of rotatable bonds is 4. The molecule has 0 aliphatic rings. The van der Waals surface area contributed by atoms with E-state index in [2.05, 4.69) is 69.3 Å². The summed E-state index contributed by atoms with van der Waals surface area (Å²) in [4.78, 5) is 4.94. The zero-order chi connectivity index (χ0) is 17.9. The molecule has 0 aliphatic carbocycles. The monoisotopic (exact) mass is 331 g/mol. The van der Waals surface area contributed by atoms with Crippen molar-refractivity contribution in [1.82, 2.24) is 4.98 Å². The van der Waals surface area contributed by atoms with E-state index in [4.69, 9.17) is 9.72 Å². The van der Waals surface area contributed by atoms with Crippen molar-refractivity contribution in [2.24, 2.45) is 0 Å². The lowest BCUT2D eigenvalue weighted by Crippen LogP contribution is -2.14. The molecule has 0 radical (unpaired) electrons. The fourth-order valence-corrected chi connectivity index (χ4v) is 2.75. The summed E-state index contributed by atoms with van der Waals surface area (Å²) in [5.41, 5.74) is 5.59. The lowest BCUT2D eigenvalue weighted by atomic mass is 9.89. The molecule has 0 amide bonds. The Morgan fingerprint density at radius 3 is 2.08 bits per heavy atom. The number of hydrogen-bond acceptors (Lipinski definition) is 2. The van der Waals surface area contributed by atoms with Crippen molar-refractivity contribution in [3.05, 3.63) is 72.4 Å². The molecular formula is C23H25NO. The summed E-state index contributed by atoms with van der Waals surface area (Å²) in [6.07, 6.45) is 0. The highest BCUT2D eigenvalue weighted by Gasteiger charge is 2.18. The van der Waals surface area contributed by atoms with Gasteiger partial charge in [0, 0.05) is 16.7 Å². The Hall–Kier alpha value is -2.61. The van der Waals surface area contributed by atoms with Crippen LogP contribution in [0.5, 0.6) is 5.75 Å². The minimum absolute atomic E-state index is 0.00912. The van der Waals surface area contributed by atoms with Crippen LogP contribution in [0.2, 0.25) is 0 Å². The Morgan fingerprint density at radius 1 is 0.800 bits per heavy atom. The van der Waals surface area contributed by atoms with Crippen LogP contribution in [0.1, 0.15) is 33.4 Å². The average molecular weight is 331 g/mol. The van der Waals surface area contributed by atoms with Crippen LogP contribution in [0, 0.1) is 0 Å². The van der Waals surface area contributed by atoms with E-state index in [1.807, 2.05) is 25.1 Å². The molecule has 0 saturated carbocycles. The van der Waals surface area contributed by atoms with E-state index in [0.717, 1.165) is 22.7 Å². The van der Waals surface area contributed by atoms with Gasteiger partial charge in [-0.3, -0.25) is 4.98 Å². The quantitative estimate of drug-likeness (QED) is 0.575. The van der Waals surface area contributed by atoms with Gasteiger partial charge in [-0.25, -0.2) is 0 Å². The van der Waals surface area contributed by atoms with E-state index >= 15 is 0 Å². The maximum Gasteiger partial charge on any atom is 0.119 e. The number of pyridine rings is 1. The van der Waals surface area contributed by atoms with E-state index in [9.17, 15) is 0 Å². The molecule has 1 aromatic heterocycles. The Bertz CT molecular complexity index is 830. The first-order chi connectivity index (χ1) is 12.0. The fourth-order valence-electron chi connectivity index (χ4n) is 2.75. The van der Waals surface area contributed by atoms with E-state index in [1.54, 1.807) is 0 Å². The lowest BCUT2D eigenvalue weighted by Gasteiger charge is -2.20. The minimum Gasteiger partial charge on any atom is -0.494 e. The molecule has 128 valence electrons. The van der Waals surface area contributed by atoms with Crippen molar-refractivity contribution in [3.8, 4) is 28.1 Å². The topological polar surface area (TPSA) is 22.1 Å². The Balaban J connectivity index is 2.09. The number of benzene rings is 2.